The lowest BCUT2D eigenvalue weighted by Crippen LogP contribution is -2.33. The number of carbonyl (C=O) groups is 2. The van der Waals surface area contributed by atoms with Crippen molar-refractivity contribution in [1.29, 1.82) is 0 Å². The molecule has 1 fully saturated rings. The Morgan fingerprint density at radius 1 is 1.07 bits per heavy atom. The quantitative estimate of drug-likeness (QED) is 0.809. The van der Waals surface area contributed by atoms with E-state index in [4.69, 9.17) is 9.47 Å². The summed E-state index contributed by atoms with van der Waals surface area (Å²) in [6, 6.07) is 12.9. The zero-order valence-electron chi connectivity index (χ0n) is 16.6. The lowest BCUT2D eigenvalue weighted by atomic mass is 10.1. The van der Waals surface area contributed by atoms with Crippen molar-refractivity contribution in [2.45, 2.75) is 32.1 Å². The van der Waals surface area contributed by atoms with Gasteiger partial charge in [-0.2, -0.15) is 0 Å². The first kappa shape index (κ1) is 19.3. The van der Waals surface area contributed by atoms with Gasteiger partial charge in [0.25, 0.3) is 5.91 Å². The molecule has 1 aliphatic heterocycles. The predicted octanol–water partition coefficient (Wildman–Crippen LogP) is 3.79. The molecule has 2 aliphatic rings. The Labute approximate surface area is 170 Å². The number of fused-ring (bicyclic) bond motifs is 1. The standard InChI is InChI=1S/C23H26N2O4/c1-28-19-8-10-20(11-9-19)29-15-22(26)24-18-7-6-16-12-13-25(21(16)14-18)23(27)17-4-2-3-5-17/h6-11,14,17H,2-5,12-13,15H2,1H3,(H,24,26). The Bertz CT molecular complexity index is 888. The molecule has 0 aromatic heterocycles. The van der Waals surface area contributed by atoms with Crippen LogP contribution in [-0.4, -0.2) is 32.1 Å². The number of carbonyl (C=O) groups excluding carboxylic acids is 2. The molecular weight excluding hydrogens is 368 g/mol. The molecule has 6 nitrogen and oxygen atoms in total. The molecule has 152 valence electrons. The summed E-state index contributed by atoms with van der Waals surface area (Å²) in [5.41, 5.74) is 2.76. The lowest BCUT2D eigenvalue weighted by Gasteiger charge is -2.21. The molecule has 2 aromatic rings. The number of anilines is 2. The third kappa shape index (κ3) is 4.36. The van der Waals surface area contributed by atoms with Crippen LogP contribution < -0.4 is 19.7 Å². The number of hydrogen-bond donors (Lipinski definition) is 1. The molecule has 29 heavy (non-hydrogen) atoms. The van der Waals surface area contributed by atoms with Crippen molar-refractivity contribution in [3.8, 4) is 11.5 Å². The summed E-state index contributed by atoms with van der Waals surface area (Å²) in [4.78, 5) is 27.0. The molecule has 1 N–H and O–H groups in total. The number of nitrogens with one attached hydrogen (secondary N) is 1. The fourth-order valence-corrected chi connectivity index (χ4v) is 4.10. The van der Waals surface area contributed by atoms with E-state index in [1.807, 2.05) is 23.1 Å². The normalized spacial score (nSPS) is 15.8. The minimum absolute atomic E-state index is 0.0892. The van der Waals surface area contributed by atoms with Crippen molar-refractivity contribution in [1.82, 2.24) is 0 Å². The molecule has 0 bridgehead atoms. The molecule has 0 atom stereocenters. The van der Waals surface area contributed by atoms with Gasteiger partial charge in [0.2, 0.25) is 5.91 Å². The van der Waals surface area contributed by atoms with Gasteiger partial charge in [0.1, 0.15) is 11.5 Å². The molecule has 0 radical (unpaired) electrons. The van der Waals surface area contributed by atoms with Crippen LogP contribution in [-0.2, 0) is 16.0 Å². The van der Waals surface area contributed by atoms with Crippen molar-refractivity contribution in [3.05, 3.63) is 48.0 Å². The van der Waals surface area contributed by atoms with E-state index in [1.54, 1.807) is 31.4 Å². The first-order valence-electron chi connectivity index (χ1n) is 10.1. The highest BCUT2D eigenvalue weighted by Crippen LogP contribution is 2.35. The maximum Gasteiger partial charge on any atom is 0.262 e. The number of rotatable bonds is 6. The first-order valence-corrected chi connectivity index (χ1v) is 10.1. The highest BCUT2D eigenvalue weighted by atomic mass is 16.5. The fourth-order valence-electron chi connectivity index (χ4n) is 4.10. The van der Waals surface area contributed by atoms with Crippen LogP contribution in [0.3, 0.4) is 0 Å². The topological polar surface area (TPSA) is 67.9 Å². The third-order valence-electron chi connectivity index (χ3n) is 5.66. The van der Waals surface area contributed by atoms with Crippen molar-refractivity contribution >= 4 is 23.2 Å². The smallest absolute Gasteiger partial charge is 0.262 e. The minimum Gasteiger partial charge on any atom is -0.497 e. The van der Waals surface area contributed by atoms with Crippen LogP contribution in [0, 0.1) is 5.92 Å². The van der Waals surface area contributed by atoms with Crippen LogP contribution >= 0.6 is 0 Å². The van der Waals surface area contributed by atoms with Gasteiger partial charge < -0.3 is 19.7 Å². The van der Waals surface area contributed by atoms with E-state index in [0.717, 1.165) is 55.6 Å². The van der Waals surface area contributed by atoms with Crippen molar-refractivity contribution in [2.24, 2.45) is 5.92 Å². The average molecular weight is 394 g/mol. The summed E-state index contributed by atoms with van der Waals surface area (Å²) in [7, 11) is 1.60. The van der Waals surface area contributed by atoms with Crippen LogP contribution in [0.5, 0.6) is 11.5 Å². The van der Waals surface area contributed by atoms with E-state index in [9.17, 15) is 9.59 Å². The monoisotopic (exact) mass is 394 g/mol. The SMILES string of the molecule is COc1ccc(OCC(=O)Nc2ccc3c(c2)N(C(=O)C2CCCC2)CC3)cc1. The molecule has 1 saturated carbocycles. The number of amides is 2. The van der Waals surface area contributed by atoms with Gasteiger partial charge in [-0.1, -0.05) is 18.9 Å². The first-order chi connectivity index (χ1) is 14.1. The van der Waals surface area contributed by atoms with Crippen LogP contribution in [0.2, 0.25) is 0 Å². The predicted molar refractivity (Wildman–Crippen MR) is 112 cm³/mol. The maximum absolute atomic E-state index is 12.9. The highest BCUT2D eigenvalue weighted by Gasteiger charge is 2.31. The van der Waals surface area contributed by atoms with Crippen LogP contribution in [0.25, 0.3) is 0 Å². The van der Waals surface area contributed by atoms with Gasteiger partial charge >= 0.3 is 0 Å². The van der Waals surface area contributed by atoms with Gasteiger partial charge in [-0.25, -0.2) is 0 Å². The summed E-state index contributed by atoms with van der Waals surface area (Å²) >= 11 is 0. The Morgan fingerprint density at radius 2 is 1.79 bits per heavy atom. The fraction of sp³-hybridized carbons (Fsp3) is 0.391. The molecule has 0 saturated heterocycles. The van der Waals surface area contributed by atoms with Gasteiger partial charge in [0, 0.05) is 23.8 Å². The zero-order valence-corrected chi connectivity index (χ0v) is 16.6. The number of methoxy groups -OCH3 is 1. The largest absolute Gasteiger partial charge is 0.497 e. The number of ether oxygens (including phenoxy) is 2. The molecular formula is C23H26N2O4. The number of benzene rings is 2. The molecule has 1 aliphatic carbocycles. The second kappa shape index (κ2) is 8.55. The average Bonchev–Trinajstić information content (AvgIpc) is 3.42. The molecule has 0 unspecified atom stereocenters. The van der Waals surface area contributed by atoms with Crippen molar-refractivity contribution in [2.75, 3.05) is 30.5 Å². The minimum atomic E-state index is -0.243. The second-order valence-electron chi connectivity index (χ2n) is 7.58. The van der Waals surface area contributed by atoms with E-state index in [-0.39, 0.29) is 24.3 Å². The van der Waals surface area contributed by atoms with Gasteiger partial charge in [0.15, 0.2) is 6.61 Å². The van der Waals surface area contributed by atoms with Gasteiger partial charge in [-0.3, -0.25) is 9.59 Å². The van der Waals surface area contributed by atoms with E-state index in [2.05, 4.69) is 5.32 Å². The zero-order chi connectivity index (χ0) is 20.2. The third-order valence-corrected chi connectivity index (χ3v) is 5.66. The van der Waals surface area contributed by atoms with Crippen LogP contribution in [0.1, 0.15) is 31.2 Å². The number of nitrogens with zero attached hydrogens (tertiary/aromatic N) is 1. The molecule has 6 heteroatoms. The van der Waals surface area contributed by atoms with E-state index in [0.29, 0.717) is 11.4 Å². The second-order valence-corrected chi connectivity index (χ2v) is 7.58. The van der Waals surface area contributed by atoms with E-state index in [1.165, 1.54) is 0 Å². The Morgan fingerprint density at radius 3 is 2.52 bits per heavy atom. The van der Waals surface area contributed by atoms with Gasteiger partial charge in [-0.05, 0) is 61.2 Å². The van der Waals surface area contributed by atoms with Crippen LogP contribution in [0.15, 0.2) is 42.5 Å². The summed E-state index contributed by atoms with van der Waals surface area (Å²) in [6.07, 6.45) is 5.12. The van der Waals surface area contributed by atoms with Gasteiger partial charge in [-0.15, -0.1) is 0 Å². The molecule has 4 rings (SSSR count). The highest BCUT2D eigenvalue weighted by molar-refractivity contribution is 5.99. The lowest BCUT2D eigenvalue weighted by molar-refractivity contribution is -0.122. The molecule has 0 spiro atoms. The number of hydrogen-bond acceptors (Lipinski definition) is 4. The van der Waals surface area contributed by atoms with Crippen molar-refractivity contribution < 1.29 is 19.1 Å². The Hall–Kier alpha value is -3.02. The molecule has 1 heterocycles. The summed E-state index contributed by atoms with van der Waals surface area (Å²) < 4.78 is 10.6. The van der Waals surface area contributed by atoms with E-state index >= 15 is 0 Å². The Balaban J connectivity index is 1.37. The Kier molecular flexibility index (Phi) is 5.69. The van der Waals surface area contributed by atoms with E-state index < -0.39 is 0 Å². The van der Waals surface area contributed by atoms with Crippen molar-refractivity contribution in [3.63, 3.8) is 0 Å². The maximum atomic E-state index is 12.9. The van der Waals surface area contributed by atoms with Crippen LogP contribution in [0.4, 0.5) is 11.4 Å². The molecule has 2 aromatic carbocycles. The summed E-state index contributed by atoms with van der Waals surface area (Å²) in [6.45, 7) is 0.636. The van der Waals surface area contributed by atoms with Gasteiger partial charge in [0.05, 0.1) is 7.11 Å². The summed E-state index contributed by atoms with van der Waals surface area (Å²) in [5, 5.41) is 2.87. The summed E-state index contributed by atoms with van der Waals surface area (Å²) in [5.74, 6) is 1.47. The molecule has 2 amide bonds.